The summed E-state index contributed by atoms with van der Waals surface area (Å²) in [6, 6.07) is 0.866. The smallest absolute Gasteiger partial charge is 0.407 e. The summed E-state index contributed by atoms with van der Waals surface area (Å²) in [5.74, 6) is -1.07. The maximum Gasteiger partial charge on any atom is 0.407 e. The van der Waals surface area contributed by atoms with E-state index < -0.39 is 17.5 Å². The lowest BCUT2D eigenvalue weighted by Gasteiger charge is -2.33. The number of piperidine rings is 1. The maximum absolute atomic E-state index is 13.5. The van der Waals surface area contributed by atoms with Crippen LogP contribution in [0.15, 0.2) is 12.3 Å². The highest BCUT2D eigenvalue weighted by Gasteiger charge is 2.27. The monoisotopic (exact) mass is 357 g/mol. The van der Waals surface area contributed by atoms with Crippen molar-refractivity contribution in [2.75, 3.05) is 13.1 Å². The summed E-state index contributed by atoms with van der Waals surface area (Å²) in [4.78, 5) is 29.5. The van der Waals surface area contributed by atoms with Crippen LogP contribution in [0, 0.1) is 5.82 Å². The summed E-state index contributed by atoms with van der Waals surface area (Å²) in [5, 5.41) is 2.50. The van der Waals surface area contributed by atoms with Gasteiger partial charge >= 0.3 is 6.09 Å². The Bertz CT molecular complexity index is 633. The summed E-state index contributed by atoms with van der Waals surface area (Å²) in [7, 11) is 0. The highest BCUT2D eigenvalue weighted by Crippen LogP contribution is 2.17. The number of alkyl carbamates (subject to hydrolysis) is 1. The van der Waals surface area contributed by atoms with Crippen LogP contribution in [0.4, 0.5) is 9.18 Å². The van der Waals surface area contributed by atoms with Crippen LogP contribution in [-0.4, -0.2) is 46.6 Å². The van der Waals surface area contributed by atoms with Crippen molar-refractivity contribution in [3.8, 4) is 0 Å². The number of hydrogen-bond acceptors (Lipinski definition) is 4. The normalized spacial score (nSPS) is 18.2. The lowest BCUT2D eigenvalue weighted by Crippen LogP contribution is -2.50. The van der Waals surface area contributed by atoms with Crippen LogP contribution < -0.4 is 5.32 Å². The van der Waals surface area contributed by atoms with Gasteiger partial charge in [0.15, 0.2) is 11.0 Å². The summed E-state index contributed by atoms with van der Waals surface area (Å²) < 4.78 is 18.7. The minimum atomic E-state index is -0.733. The Morgan fingerprint density at radius 2 is 2.17 bits per heavy atom. The maximum atomic E-state index is 13.5. The average Bonchev–Trinajstić information content (AvgIpc) is 2.47. The Morgan fingerprint density at radius 1 is 1.46 bits per heavy atom. The molecule has 1 aromatic heterocycles. The van der Waals surface area contributed by atoms with Gasteiger partial charge in [-0.05, 0) is 39.7 Å². The number of likely N-dealkylation sites (tertiary alicyclic amines) is 1. The van der Waals surface area contributed by atoms with Crippen LogP contribution in [0.2, 0.25) is 5.15 Å². The van der Waals surface area contributed by atoms with E-state index in [1.807, 2.05) is 0 Å². The molecule has 0 saturated carbocycles. The first-order chi connectivity index (χ1) is 11.2. The van der Waals surface area contributed by atoms with E-state index in [-0.39, 0.29) is 22.7 Å². The van der Waals surface area contributed by atoms with E-state index in [9.17, 15) is 14.0 Å². The van der Waals surface area contributed by atoms with Gasteiger partial charge in [-0.1, -0.05) is 11.6 Å². The van der Waals surface area contributed by atoms with Crippen LogP contribution in [0.3, 0.4) is 0 Å². The molecule has 24 heavy (non-hydrogen) atoms. The van der Waals surface area contributed by atoms with E-state index in [4.69, 9.17) is 16.3 Å². The fraction of sp³-hybridized carbons (Fsp3) is 0.562. The van der Waals surface area contributed by atoms with Gasteiger partial charge in [0.05, 0.1) is 5.56 Å². The molecule has 1 N–H and O–H groups in total. The summed E-state index contributed by atoms with van der Waals surface area (Å²) in [5.41, 5.74) is -0.448. The number of hydrogen-bond donors (Lipinski definition) is 1. The zero-order chi connectivity index (χ0) is 17.9. The minimum Gasteiger partial charge on any atom is -0.444 e. The Morgan fingerprint density at radius 3 is 2.79 bits per heavy atom. The number of carbonyl (C=O) groups is 2. The number of pyridine rings is 1. The van der Waals surface area contributed by atoms with E-state index >= 15 is 0 Å². The first kappa shape index (κ1) is 18.4. The second-order valence-corrected chi connectivity index (χ2v) is 7.09. The standard InChI is InChI=1S/C16H21ClFN3O3/c1-16(2,3)24-15(23)20-11-5-4-6-21(9-11)14(22)10-7-12(18)13(17)19-8-10/h7-8,11H,4-6,9H2,1-3H3,(H,20,23)/t11-/m1/s1. The molecule has 0 aromatic carbocycles. The molecule has 0 aliphatic carbocycles. The minimum absolute atomic E-state index is 0.134. The van der Waals surface area contributed by atoms with Crippen molar-refractivity contribution in [2.45, 2.75) is 45.3 Å². The Balaban J connectivity index is 1.98. The Labute approximate surface area is 145 Å². The number of rotatable bonds is 2. The van der Waals surface area contributed by atoms with Crippen molar-refractivity contribution in [3.63, 3.8) is 0 Å². The third-order valence-corrected chi connectivity index (χ3v) is 3.75. The van der Waals surface area contributed by atoms with Gasteiger partial charge in [0.25, 0.3) is 5.91 Å². The number of halogens is 2. The number of nitrogens with one attached hydrogen (secondary N) is 1. The van der Waals surface area contributed by atoms with Gasteiger partial charge in [-0.15, -0.1) is 0 Å². The SMILES string of the molecule is CC(C)(C)OC(=O)N[C@@H]1CCCN(C(=O)c2cnc(Cl)c(F)c2)C1. The molecule has 0 unspecified atom stereocenters. The number of amides is 2. The molecule has 1 aliphatic heterocycles. The molecule has 0 bridgehead atoms. The second-order valence-electron chi connectivity index (χ2n) is 6.73. The summed E-state index contributed by atoms with van der Waals surface area (Å²) in [6.45, 7) is 6.22. The van der Waals surface area contributed by atoms with Gasteiger partial charge in [0.2, 0.25) is 0 Å². The number of carbonyl (C=O) groups excluding carboxylic acids is 2. The zero-order valence-corrected chi connectivity index (χ0v) is 14.7. The summed E-state index contributed by atoms with van der Waals surface area (Å²) >= 11 is 5.53. The van der Waals surface area contributed by atoms with Gasteiger partial charge in [-0.2, -0.15) is 0 Å². The number of ether oxygens (including phenoxy) is 1. The third-order valence-electron chi connectivity index (χ3n) is 3.47. The van der Waals surface area contributed by atoms with E-state index in [0.717, 1.165) is 18.9 Å². The van der Waals surface area contributed by atoms with Crippen molar-refractivity contribution in [2.24, 2.45) is 0 Å². The van der Waals surface area contributed by atoms with E-state index in [1.165, 1.54) is 6.20 Å². The van der Waals surface area contributed by atoms with E-state index in [2.05, 4.69) is 10.3 Å². The van der Waals surface area contributed by atoms with Crippen LogP contribution in [0.1, 0.15) is 44.0 Å². The van der Waals surface area contributed by atoms with Gasteiger partial charge in [-0.3, -0.25) is 4.79 Å². The molecule has 2 amide bonds. The molecule has 2 heterocycles. The van der Waals surface area contributed by atoms with Crippen LogP contribution in [0.25, 0.3) is 0 Å². The largest absolute Gasteiger partial charge is 0.444 e. The predicted molar refractivity (Wildman–Crippen MR) is 87.5 cm³/mol. The Hall–Kier alpha value is -1.89. The van der Waals surface area contributed by atoms with Crippen molar-refractivity contribution in [3.05, 3.63) is 28.8 Å². The number of nitrogens with zero attached hydrogens (tertiary/aromatic N) is 2. The third kappa shape index (κ3) is 5.06. The van der Waals surface area contributed by atoms with Crippen LogP contribution >= 0.6 is 11.6 Å². The topological polar surface area (TPSA) is 71.5 Å². The Kier molecular flexibility index (Phi) is 5.64. The van der Waals surface area contributed by atoms with Gasteiger partial charge < -0.3 is 15.0 Å². The molecule has 6 nitrogen and oxygen atoms in total. The molecule has 0 radical (unpaired) electrons. The first-order valence-electron chi connectivity index (χ1n) is 7.75. The van der Waals surface area contributed by atoms with Crippen LogP contribution in [0.5, 0.6) is 0 Å². The molecule has 0 spiro atoms. The first-order valence-corrected chi connectivity index (χ1v) is 8.13. The van der Waals surface area contributed by atoms with E-state index in [1.54, 1.807) is 25.7 Å². The fourth-order valence-electron chi connectivity index (χ4n) is 2.47. The molecule has 1 fully saturated rings. The van der Waals surface area contributed by atoms with Crippen molar-refractivity contribution in [1.29, 1.82) is 0 Å². The highest BCUT2D eigenvalue weighted by molar-refractivity contribution is 6.29. The molecule has 1 saturated heterocycles. The zero-order valence-electron chi connectivity index (χ0n) is 13.9. The quantitative estimate of drug-likeness (QED) is 0.826. The van der Waals surface area contributed by atoms with Gasteiger partial charge in [-0.25, -0.2) is 14.2 Å². The lowest BCUT2D eigenvalue weighted by atomic mass is 10.0. The van der Waals surface area contributed by atoms with Crippen molar-refractivity contribution in [1.82, 2.24) is 15.2 Å². The molecule has 1 atom stereocenters. The molecular formula is C16H21ClFN3O3. The molecule has 1 aliphatic rings. The van der Waals surface area contributed by atoms with Gasteiger partial charge in [0.1, 0.15) is 5.60 Å². The number of aromatic nitrogens is 1. The molecule has 8 heteroatoms. The van der Waals surface area contributed by atoms with Crippen molar-refractivity contribution >= 4 is 23.6 Å². The fourth-order valence-corrected chi connectivity index (χ4v) is 2.58. The molecule has 132 valence electrons. The molecular weight excluding hydrogens is 337 g/mol. The van der Waals surface area contributed by atoms with Gasteiger partial charge in [0, 0.05) is 25.3 Å². The molecule has 1 aromatic rings. The second kappa shape index (κ2) is 7.34. The average molecular weight is 358 g/mol. The van der Waals surface area contributed by atoms with Crippen LogP contribution in [-0.2, 0) is 4.74 Å². The lowest BCUT2D eigenvalue weighted by molar-refractivity contribution is 0.0452. The summed E-state index contributed by atoms with van der Waals surface area (Å²) in [6.07, 6.45) is 2.21. The predicted octanol–water partition coefficient (Wildman–Crippen LogP) is 3.00. The molecule has 2 rings (SSSR count). The van der Waals surface area contributed by atoms with Crippen molar-refractivity contribution < 1.29 is 18.7 Å². The van der Waals surface area contributed by atoms with E-state index in [0.29, 0.717) is 13.1 Å². The highest BCUT2D eigenvalue weighted by atomic mass is 35.5.